The standard InChI is InChI=1S/C18H27N7/c1-2-6-15-12-24(13-16-21-17(19)23-18(20)22-16)9-10-25(15)11-14-7-4-3-5-8-14/h3-5,7-8,15H,2,6,9-13H2,1H3,(H4,19,20,21,22,23)/t15-/m1/s1. The third kappa shape index (κ3) is 4.87. The van der Waals surface area contributed by atoms with Crippen LogP contribution in [0.2, 0.25) is 0 Å². The van der Waals surface area contributed by atoms with E-state index in [9.17, 15) is 0 Å². The van der Waals surface area contributed by atoms with E-state index < -0.39 is 0 Å². The fourth-order valence-electron chi connectivity index (χ4n) is 3.46. The molecule has 2 heterocycles. The summed E-state index contributed by atoms with van der Waals surface area (Å²) in [5.74, 6) is 1.03. The van der Waals surface area contributed by atoms with Crippen molar-refractivity contribution in [2.24, 2.45) is 0 Å². The van der Waals surface area contributed by atoms with Crippen molar-refractivity contribution in [3.05, 3.63) is 41.7 Å². The SMILES string of the molecule is CCC[C@@H]1CN(Cc2nc(N)nc(N)n2)CCN1Cc1ccccc1. The van der Waals surface area contributed by atoms with Crippen LogP contribution in [0.5, 0.6) is 0 Å². The van der Waals surface area contributed by atoms with Gasteiger partial charge in [0.15, 0.2) is 0 Å². The molecule has 0 aliphatic carbocycles. The van der Waals surface area contributed by atoms with Crippen LogP contribution in [0.4, 0.5) is 11.9 Å². The van der Waals surface area contributed by atoms with Crippen molar-refractivity contribution in [2.75, 3.05) is 31.1 Å². The van der Waals surface area contributed by atoms with Crippen LogP contribution in [0.1, 0.15) is 31.2 Å². The van der Waals surface area contributed by atoms with Crippen LogP contribution >= 0.6 is 0 Å². The van der Waals surface area contributed by atoms with Crippen LogP contribution in [0.15, 0.2) is 30.3 Å². The van der Waals surface area contributed by atoms with Crippen molar-refractivity contribution in [2.45, 2.75) is 38.9 Å². The van der Waals surface area contributed by atoms with Gasteiger partial charge in [0.05, 0.1) is 6.54 Å². The number of hydrogen-bond donors (Lipinski definition) is 2. The molecule has 1 aliphatic rings. The van der Waals surface area contributed by atoms with Crippen LogP contribution in [0, 0.1) is 0 Å². The number of nitrogen functional groups attached to an aromatic ring is 2. The Balaban J connectivity index is 1.64. The monoisotopic (exact) mass is 341 g/mol. The van der Waals surface area contributed by atoms with Gasteiger partial charge in [-0.1, -0.05) is 43.7 Å². The number of aromatic nitrogens is 3. The normalized spacial score (nSPS) is 19.2. The van der Waals surface area contributed by atoms with Crippen LogP contribution in [0.3, 0.4) is 0 Å². The van der Waals surface area contributed by atoms with Crippen LogP contribution in [-0.2, 0) is 13.1 Å². The average molecular weight is 341 g/mol. The first kappa shape index (κ1) is 17.6. The average Bonchev–Trinajstić information content (AvgIpc) is 2.57. The molecule has 7 nitrogen and oxygen atoms in total. The maximum absolute atomic E-state index is 5.68. The molecule has 0 unspecified atom stereocenters. The van der Waals surface area contributed by atoms with E-state index in [1.807, 2.05) is 0 Å². The highest BCUT2D eigenvalue weighted by atomic mass is 15.3. The first-order chi connectivity index (χ1) is 12.1. The Bertz CT molecular complexity index is 656. The lowest BCUT2D eigenvalue weighted by Gasteiger charge is -2.41. The molecule has 0 spiro atoms. The quantitative estimate of drug-likeness (QED) is 0.822. The summed E-state index contributed by atoms with van der Waals surface area (Å²) in [4.78, 5) is 17.2. The number of anilines is 2. The second-order valence-electron chi connectivity index (χ2n) is 6.60. The number of rotatable bonds is 6. The van der Waals surface area contributed by atoms with Gasteiger partial charge in [-0.25, -0.2) is 0 Å². The van der Waals surface area contributed by atoms with Gasteiger partial charge in [-0.3, -0.25) is 9.80 Å². The van der Waals surface area contributed by atoms with Gasteiger partial charge in [-0.05, 0) is 12.0 Å². The van der Waals surface area contributed by atoms with Crippen LogP contribution < -0.4 is 11.5 Å². The summed E-state index contributed by atoms with van der Waals surface area (Å²) in [5.41, 5.74) is 12.7. The molecule has 1 saturated heterocycles. The van der Waals surface area contributed by atoms with Gasteiger partial charge < -0.3 is 11.5 Å². The first-order valence-corrected chi connectivity index (χ1v) is 8.90. The molecule has 1 aliphatic heterocycles. The van der Waals surface area contributed by atoms with Crippen molar-refractivity contribution < 1.29 is 0 Å². The molecule has 0 amide bonds. The highest BCUT2D eigenvalue weighted by Gasteiger charge is 2.26. The zero-order chi connectivity index (χ0) is 17.6. The summed E-state index contributed by atoms with van der Waals surface area (Å²) in [6.45, 7) is 6.94. The summed E-state index contributed by atoms with van der Waals surface area (Å²) in [7, 11) is 0. The topological polar surface area (TPSA) is 97.2 Å². The Labute approximate surface area is 149 Å². The Hall–Kier alpha value is -2.25. The maximum Gasteiger partial charge on any atom is 0.225 e. The Morgan fingerprint density at radius 1 is 1.00 bits per heavy atom. The predicted octanol–water partition coefficient (Wildman–Crippen LogP) is 1.52. The van der Waals surface area contributed by atoms with Gasteiger partial charge in [0.2, 0.25) is 11.9 Å². The molecule has 0 radical (unpaired) electrons. The Morgan fingerprint density at radius 2 is 1.72 bits per heavy atom. The third-order valence-corrected chi connectivity index (χ3v) is 4.62. The van der Waals surface area contributed by atoms with E-state index in [1.54, 1.807) is 0 Å². The Kier molecular flexibility index (Phi) is 5.78. The van der Waals surface area contributed by atoms with E-state index >= 15 is 0 Å². The molecule has 7 heteroatoms. The highest BCUT2D eigenvalue weighted by Crippen LogP contribution is 2.19. The maximum atomic E-state index is 5.68. The second-order valence-corrected chi connectivity index (χ2v) is 6.60. The van der Waals surface area contributed by atoms with Crippen LogP contribution in [-0.4, -0.2) is 50.4 Å². The van der Waals surface area contributed by atoms with E-state index in [4.69, 9.17) is 11.5 Å². The molecule has 0 bridgehead atoms. The van der Waals surface area contributed by atoms with Crippen molar-refractivity contribution in [3.63, 3.8) is 0 Å². The molecule has 0 saturated carbocycles. The summed E-state index contributed by atoms with van der Waals surface area (Å²) in [6.07, 6.45) is 2.36. The smallest absolute Gasteiger partial charge is 0.225 e. The first-order valence-electron chi connectivity index (χ1n) is 8.90. The molecule has 3 rings (SSSR count). The van der Waals surface area contributed by atoms with E-state index in [-0.39, 0.29) is 11.9 Å². The third-order valence-electron chi connectivity index (χ3n) is 4.62. The lowest BCUT2D eigenvalue weighted by Crippen LogP contribution is -2.52. The molecule has 4 N–H and O–H groups in total. The minimum atomic E-state index is 0.190. The fraction of sp³-hybridized carbons (Fsp3) is 0.500. The molecular weight excluding hydrogens is 314 g/mol. The van der Waals surface area contributed by atoms with Crippen molar-refractivity contribution >= 4 is 11.9 Å². The molecule has 25 heavy (non-hydrogen) atoms. The molecular formula is C18H27N7. The summed E-state index contributed by atoms with van der Waals surface area (Å²) >= 11 is 0. The van der Waals surface area contributed by atoms with Gasteiger partial charge in [-0.15, -0.1) is 0 Å². The highest BCUT2D eigenvalue weighted by molar-refractivity contribution is 5.25. The lowest BCUT2D eigenvalue weighted by molar-refractivity contribution is 0.0578. The summed E-state index contributed by atoms with van der Waals surface area (Å²) in [6, 6.07) is 11.2. The van der Waals surface area contributed by atoms with E-state index in [0.29, 0.717) is 18.4 Å². The van der Waals surface area contributed by atoms with Gasteiger partial charge in [0.1, 0.15) is 5.82 Å². The van der Waals surface area contributed by atoms with Crippen molar-refractivity contribution in [3.8, 4) is 0 Å². The summed E-state index contributed by atoms with van der Waals surface area (Å²) < 4.78 is 0. The van der Waals surface area contributed by atoms with Crippen molar-refractivity contribution in [1.29, 1.82) is 0 Å². The zero-order valence-corrected chi connectivity index (χ0v) is 14.8. The Morgan fingerprint density at radius 3 is 2.40 bits per heavy atom. The minimum Gasteiger partial charge on any atom is -0.368 e. The van der Waals surface area contributed by atoms with E-state index in [0.717, 1.165) is 26.2 Å². The lowest BCUT2D eigenvalue weighted by atomic mass is 10.1. The minimum absolute atomic E-state index is 0.190. The largest absolute Gasteiger partial charge is 0.368 e. The number of hydrogen-bond acceptors (Lipinski definition) is 7. The van der Waals surface area contributed by atoms with Gasteiger partial charge >= 0.3 is 0 Å². The fourth-order valence-corrected chi connectivity index (χ4v) is 3.46. The van der Waals surface area contributed by atoms with Gasteiger partial charge in [0.25, 0.3) is 0 Å². The van der Waals surface area contributed by atoms with E-state index in [1.165, 1.54) is 18.4 Å². The van der Waals surface area contributed by atoms with E-state index in [2.05, 4.69) is 62.0 Å². The molecule has 1 aromatic heterocycles. The molecule has 2 aromatic rings. The summed E-state index contributed by atoms with van der Waals surface area (Å²) in [5, 5.41) is 0. The van der Waals surface area contributed by atoms with Crippen molar-refractivity contribution in [1.82, 2.24) is 24.8 Å². The number of nitrogens with zero attached hydrogens (tertiary/aromatic N) is 5. The van der Waals surface area contributed by atoms with Gasteiger partial charge in [0, 0.05) is 32.2 Å². The second kappa shape index (κ2) is 8.22. The number of nitrogens with two attached hydrogens (primary N) is 2. The zero-order valence-electron chi connectivity index (χ0n) is 14.8. The van der Waals surface area contributed by atoms with Gasteiger partial charge in [-0.2, -0.15) is 15.0 Å². The predicted molar refractivity (Wildman–Crippen MR) is 99.5 cm³/mol. The molecule has 1 atom stereocenters. The molecule has 1 aromatic carbocycles. The number of piperazine rings is 1. The molecule has 134 valence electrons. The number of benzene rings is 1. The molecule has 1 fully saturated rings. The van der Waals surface area contributed by atoms with Crippen LogP contribution in [0.25, 0.3) is 0 Å².